The third-order valence-electron chi connectivity index (χ3n) is 1.70. The van der Waals surface area contributed by atoms with Crippen LogP contribution in [-0.2, 0) is 0 Å². The maximum absolute atomic E-state index is 13.3. The molecule has 0 atom stereocenters. The summed E-state index contributed by atoms with van der Waals surface area (Å²) in [7, 11) is 1.42. The van der Waals surface area contributed by atoms with Crippen LogP contribution in [0.25, 0.3) is 0 Å². The van der Waals surface area contributed by atoms with Gasteiger partial charge in [-0.15, -0.1) is 0 Å². The number of halogens is 2. The number of aldehydes is 1. The first-order valence-corrected chi connectivity index (χ1v) is 3.76. The Balaban J connectivity index is 3.51. The van der Waals surface area contributed by atoms with Crippen molar-refractivity contribution in [2.75, 3.05) is 12.8 Å². The number of nitrogen functional groups attached to an aromatic ring is 1. The van der Waals surface area contributed by atoms with Crippen LogP contribution in [0.5, 0.6) is 0 Å². The molecule has 0 aliphatic rings. The second kappa shape index (κ2) is 3.95. The van der Waals surface area contributed by atoms with Crippen LogP contribution in [0.1, 0.15) is 15.9 Å². The van der Waals surface area contributed by atoms with E-state index in [2.05, 4.69) is 4.99 Å². The summed E-state index contributed by atoms with van der Waals surface area (Å²) in [5, 5.41) is 0. The molecule has 0 bridgehead atoms. The first kappa shape index (κ1) is 10.3. The number of nitrogens with zero attached hydrogens (tertiary/aromatic N) is 1. The highest BCUT2D eigenvalue weighted by molar-refractivity contribution is 5.91. The molecule has 0 unspecified atom stereocenters. The zero-order valence-corrected chi connectivity index (χ0v) is 7.42. The van der Waals surface area contributed by atoms with Crippen molar-refractivity contribution in [3.8, 4) is 0 Å². The Morgan fingerprint density at radius 2 is 2.07 bits per heavy atom. The molecule has 0 fully saturated rings. The third kappa shape index (κ3) is 1.61. The molecule has 14 heavy (non-hydrogen) atoms. The second-order valence-corrected chi connectivity index (χ2v) is 2.59. The van der Waals surface area contributed by atoms with Gasteiger partial charge < -0.3 is 5.73 Å². The van der Waals surface area contributed by atoms with Gasteiger partial charge in [0.2, 0.25) is 0 Å². The summed E-state index contributed by atoms with van der Waals surface area (Å²) < 4.78 is 26.3. The minimum Gasteiger partial charge on any atom is -0.398 e. The van der Waals surface area contributed by atoms with E-state index in [9.17, 15) is 13.6 Å². The van der Waals surface area contributed by atoms with Crippen molar-refractivity contribution in [2.45, 2.75) is 0 Å². The van der Waals surface area contributed by atoms with Crippen LogP contribution < -0.4 is 5.73 Å². The highest BCUT2D eigenvalue weighted by atomic mass is 19.1. The summed E-state index contributed by atoms with van der Waals surface area (Å²) in [4.78, 5) is 13.9. The fourth-order valence-electron chi connectivity index (χ4n) is 1.04. The predicted molar refractivity (Wildman–Crippen MR) is 49.7 cm³/mol. The Labute approximate surface area is 79.3 Å². The SMILES string of the molecule is CN=Cc1c(N)cc(F)c(C=O)c1F. The van der Waals surface area contributed by atoms with Gasteiger partial charge in [-0.1, -0.05) is 0 Å². The minimum atomic E-state index is -0.983. The van der Waals surface area contributed by atoms with Gasteiger partial charge in [0.1, 0.15) is 11.6 Å². The lowest BCUT2D eigenvalue weighted by molar-refractivity contribution is 0.111. The van der Waals surface area contributed by atoms with Crippen molar-refractivity contribution in [1.82, 2.24) is 0 Å². The van der Waals surface area contributed by atoms with Gasteiger partial charge in [-0.2, -0.15) is 0 Å². The van der Waals surface area contributed by atoms with Gasteiger partial charge in [0.05, 0.1) is 11.1 Å². The van der Waals surface area contributed by atoms with Gasteiger partial charge in [0.15, 0.2) is 6.29 Å². The van der Waals surface area contributed by atoms with Crippen molar-refractivity contribution in [1.29, 1.82) is 0 Å². The number of rotatable bonds is 2. The standard InChI is InChI=1S/C9H8F2N2O/c1-13-3-5-8(12)2-7(10)6(4-14)9(5)11/h2-4H,12H2,1H3. The van der Waals surface area contributed by atoms with E-state index in [1.165, 1.54) is 7.05 Å². The van der Waals surface area contributed by atoms with Crippen LogP contribution in [0.4, 0.5) is 14.5 Å². The van der Waals surface area contributed by atoms with Gasteiger partial charge >= 0.3 is 0 Å². The van der Waals surface area contributed by atoms with Crippen LogP contribution in [0.15, 0.2) is 11.1 Å². The molecule has 0 saturated carbocycles. The van der Waals surface area contributed by atoms with E-state index < -0.39 is 17.2 Å². The average molecular weight is 198 g/mol. The van der Waals surface area contributed by atoms with E-state index in [0.29, 0.717) is 0 Å². The lowest BCUT2D eigenvalue weighted by atomic mass is 10.1. The van der Waals surface area contributed by atoms with Gasteiger partial charge in [0, 0.05) is 18.9 Å². The minimum absolute atomic E-state index is 0.0731. The summed E-state index contributed by atoms with van der Waals surface area (Å²) >= 11 is 0. The van der Waals surface area contributed by atoms with Crippen LogP contribution in [0.3, 0.4) is 0 Å². The fraction of sp³-hybridized carbons (Fsp3) is 0.111. The van der Waals surface area contributed by atoms with Crippen molar-refractivity contribution >= 4 is 18.2 Å². The lowest BCUT2D eigenvalue weighted by Crippen LogP contribution is -2.04. The summed E-state index contributed by atoms with van der Waals surface area (Å²) in [6.07, 6.45) is 1.24. The molecule has 5 heteroatoms. The van der Waals surface area contributed by atoms with E-state index in [1.807, 2.05) is 0 Å². The Hall–Kier alpha value is -1.78. The molecule has 0 amide bonds. The third-order valence-corrected chi connectivity index (χ3v) is 1.70. The van der Waals surface area contributed by atoms with Crippen molar-refractivity contribution in [2.24, 2.45) is 4.99 Å². The largest absolute Gasteiger partial charge is 0.398 e. The number of carbonyl (C=O) groups excluding carboxylic acids is 1. The number of anilines is 1. The van der Waals surface area contributed by atoms with Gasteiger partial charge in [-0.25, -0.2) is 8.78 Å². The van der Waals surface area contributed by atoms with Crippen LogP contribution in [-0.4, -0.2) is 19.5 Å². The summed E-state index contributed by atoms with van der Waals surface area (Å²) in [6, 6.07) is 0.893. The van der Waals surface area contributed by atoms with E-state index in [4.69, 9.17) is 5.73 Å². The molecular weight excluding hydrogens is 190 g/mol. The van der Waals surface area contributed by atoms with E-state index in [1.54, 1.807) is 0 Å². The molecule has 1 aromatic carbocycles. The maximum atomic E-state index is 13.3. The molecule has 0 heterocycles. The van der Waals surface area contributed by atoms with Crippen molar-refractivity contribution in [3.05, 3.63) is 28.8 Å². The van der Waals surface area contributed by atoms with E-state index in [-0.39, 0.29) is 17.5 Å². The van der Waals surface area contributed by atoms with Gasteiger partial charge in [-0.05, 0) is 6.07 Å². The number of hydrogen-bond acceptors (Lipinski definition) is 3. The van der Waals surface area contributed by atoms with Gasteiger partial charge in [0.25, 0.3) is 0 Å². The highest BCUT2D eigenvalue weighted by Gasteiger charge is 2.14. The molecule has 0 radical (unpaired) electrons. The molecule has 0 saturated heterocycles. The first-order valence-electron chi connectivity index (χ1n) is 3.76. The molecule has 2 N–H and O–H groups in total. The molecule has 1 aromatic rings. The van der Waals surface area contributed by atoms with Crippen molar-refractivity contribution < 1.29 is 13.6 Å². The number of carbonyl (C=O) groups is 1. The second-order valence-electron chi connectivity index (χ2n) is 2.59. The van der Waals surface area contributed by atoms with E-state index in [0.717, 1.165) is 12.3 Å². The zero-order chi connectivity index (χ0) is 10.7. The number of aliphatic imine (C=N–C) groups is 1. The van der Waals surface area contributed by atoms with Crippen LogP contribution in [0.2, 0.25) is 0 Å². The Morgan fingerprint density at radius 1 is 1.43 bits per heavy atom. The average Bonchev–Trinajstić information content (AvgIpc) is 2.12. The Bertz CT molecular complexity index is 402. The van der Waals surface area contributed by atoms with E-state index >= 15 is 0 Å². The quantitative estimate of drug-likeness (QED) is 0.443. The predicted octanol–water partition coefficient (Wildman–Crippen LogP) is 1.41. The smallest absolute Gasteiger partial charge is 0.155 e. The molecule has 0 aliphatic carbocycles. The monoisotopic (exact) mass is 198 g/mol. The summed E-state index contributed by atoms with van der Waals surface area (Å²) in [5.74, 6) is -1.95. The number of nitrogens with two attached hydrogens (primary N) is 1. The molecule has 0 spiro atoms. The number of hydrogen-bond donors (Lipinski definition) is 1. The molecule has 0 aliphatic heterocycles. The highest BCUT2D eigenvalue weighted by Crippen LogP contribution is 2.20. The molecular formula is C9H8F2N2O. The lowest BCUT2D eigenvalue weighted by Gasteiger charge is -2.04. The Morgan fingerprint density at radius 3 is 2.57 bits per heavy atom. The zero-order valence-electron chi connectivity index (χ0n) is 7.42. The Kier molecular flexibility index (Phi) is 2.91. The topological polar surface area (TPSA) is 55.4 Å². The summed E-state index contributed by atoms with van der Waals surface area (Å²) in [6.45, 7) is 0. The van der Waals surface area contributed by atoms with Crippen molar-refractivity contribution in [3.63, 3.8) is 0 Å². The summed E-state index contributed by atoms with van der Waals surface area (Å²) in [5.41, 5.74) is 4.55. The molecule has 74 valence electrons. The fourth-order valence-corrected chi connectivity index (χ4v) is 1.04. The van der Waals surface area contributed by atoms with Crippen LogP contribution in [0, 0.1) is 11.6 Å². The first-order chi connectivity index (χ1) is 6.61. The molecule has 3 nitrogen and oxygen atoms in total. The maximum Gasteiger partial charge on any atom is 0.155 e. The normalized spacial score (nSPS) is 10.8. The van der Waals surface area contributed by atoms with Crippen LogP contribution >= 0.6 is 0 Å². The molecule has 1 rings (SSSR count). The molecule has 0 aromatic heterocycles. The number of benzene rings is 1. The van der Waals surface area contributed by atoms with Gasteiger partial charge in [-0.3, -0.25) is 9.79 Å².